The topological polar surface area (TPSA) is 54.7 Å². The van der Waals surface area contributed by atoms with Crippen molar-refractivity contribution in [3.8, 4) is 0 Å². The SMILES string of the molecule is NC1(Cc2nc3c(Cl)cccc3[nH]2)CCC1. The van der Waals surface area contributed by atoms with Crippen molar-refractivity contribution in [3.63, 3.8) is 0 Å². The molecule has 0 saturated heterocycles. The van der Waals surface area contributed by atoms with Crippen LogP contribution in [0.2, 0.25) is 5.02 Å². The summed E-state index contributed by atoms with van der Waals surface area (Å²) < 4.78 is 0. The molecule has 84 valence electrons. The Balaban J connectivity index is 1.96. The Labute approximate surface area is 99.0 Å². The molecule has 1 fully saturated rings. The Morgan fingerprint density at radius 3 is 2.88 bits per heavy atom. The fourth-order valence-electron chi connectivity index (χ4n) is 2.27. The van der Waals surface area contributed by atoms with Gasteiger partial charge < -0.3 is 10.7 Å². The number of rotatable bonds is 2. The minimum Gasteiger partial charge on any atom is -0.342 e. The number of benzene rings is 1. The van der Waals surface area contributed by atoms with Gasteiger partial charge in [-0.1, -0.05) is 17.7 Å². The fourth-order valence-corrected chi connectivity index (χ4v) is 2.49. The molecule has 3 rings (SSSR count). The van der Waals surface area contributed by atoms with Crippen LogP contribution >= 0.6 is 11.6 Å². The normalized spacial score (nSPS) is 18.6. The van der Waals surface area contributed by atoms with Crippen molar-refractivity contribution >= 4 is 22.6 Å². The van der Waals surface area contributed by atoms with E-state index in [2.05, 4.69) is 9.97 Å². The average molecular weight is 236 g/mol. The van der Waals surface area contributed by atoms with E-state index in [-0.39, 0.29) is 5.54 Å². The second-order valence-electron chi connectivity index (χ2n) is 4.71. The highest BCUT2D eigenvalue weighted by atomic mass is 35.5. The predicted octanol–water partition coefficient (Wildman–Crippen LogP) is 2.64. The summed E-state index contributed by atoms with van der Waals surface area (Å²) in [5.41, 5.74) is 8.00. The van der Waals surface area contributed by atoms with Crippen molar-refractivity contribution in [2.75, 3.05) is 0 Å². The molecule has 1 heterocycles. The number of imidazole rings is 1. The van der Waals surface area contributed by atoms with Crippen molar-refractivity contribution in [3.05, 3.63) is 29.0 Å². The molecule has 0 spiro atoms. The van der Waals surface area contributed by atoms with E-state index in [1.165, 1.54) is 6.42 Å². The first-order valence-corrected chi connectivity index (χ1v) is 5.96. The summed E-state index contributed by atoms with van der Waals surface area (Å²) in [6.07, 6.45) is 4.24. The zero-order valence-electron chi connectivity index (χ0n) is 8.96. The van der Waals surface area contributed by atoms with Gasteiger partial charge in [-0.15, -0.1) is 0 Å². The molecule has 0 radical (unpaired) electrons. The molecular weight excluding hydrogens is 222 g/mol. The van der Waals surface area contributed by atoms with Gasteiger partial charge in [-0.2, -0.15) is 0 Å². The molecule has 1 aliphatic carbocycles. The van der Waals surface area contributed by atoms with Crippen LogP contribution < -0.4 is 5.73 Å². The van der Waals surface area contributed by atoms with Crippen LogP contribution in [0, 0.1) is 0 Å². The number of hydrogen-bond acceptors (Lipinski definition) is 2. The number of H-pyrrole nitrogens is 1. The number of halogens is 1. The summed E-state index contributed by atoms with van der Waals surface area (Å²) >= 11 is 6.08. The number of nitrogens with one attached hydrogen (secondary N) is 1. The smallest absolute Gasteiger partial charge is 0.109 e. The third kappa shape index (κ3) is 1.60. The van der Waals surface area contributed by atoms with E-state index in [0.717, 1.165) is 36.1 Å². The molecule has 0 bridgehead atoms. The second-order valence-corrected chi connectivity index (χ2v) is 5.12. The maximum atomic E-state index is 6.20. The van der Waals surface area contributed by atoms with E-state index < -0.39 is 0 Å². The van der Waals surface area contributed by atoms with Crippen LogP contribution in [-0.4, -0.2) is 15.5 Å². The van der Waals surface area contributed by atoms with Gasteiger partial charge in [-0.25, -0.2) is 4.98 Å². The fraction of sp³-hybridized carbons (Fsp3) is 0.417. The molecule has 0 aliphatic heterocycles. The molecule has 1 saturated carbocycles. The molecule has 1 aromatic heterocycles. The standard InChI is InChI=1S/C12H14ClN3/c13-8-3-1-4-9-11(8)16-10(15-9)7-12(14)5-2-6-12/h1,3-4H,2,5-7,14H2,(H,15,16). The van der Waals surface area contributed by atoms with Gasteiger partial charge in [0, 0.05) is 12.0 Å². The number of fused-ring (bicyclic) bond motifs is 1. The summed E-state index contributed by atoms with van der Waals surface area (Å²) in [4.78, 5) is 7.80. The van der Waals surface area contributed by atoms with E-state index in [1.54, 1.807) is 0 Å². The Kier molecular flexibility index (Phi) is 2.19. The van der Waals surface area contributed by atoms with E-state index >= 15 is 0 Å². The molecule has 0 unspecified atom stereocenters. The molecular formula is C12H14ClN3. The van der Waals surface area contributed by atoms with Gasteiger partial charge in [0.25, 0.3) is 0 Å². The Morgan fingerprint density at radius 2 is 2.25 bits per heavy atom. The lowest BCUT2D eigenvalue weighted by molar-refractivity contribution is 0.244. The highest BCUT2D eigenvalue weighted by Gasteiger charge is 2.33. The highest BCUT2D eigenvalue weighted by molar-refractivity contribution is 6.34. The van der Waals surface area contributed by atoms with Crippen LogP contribution in [0.25, 0.3) is 11.0 Å². The third-order valence-electron chi connectivity index (χ3n) is 3.38. The summed E-state index contributed by atoms with van der Waals surface area (Å²) in [7, 11) is 0. The van der Waals surface area contributed by atoms with Crippen LogP contribution in [-0.2, 0) is 6.42 Å². The molecule has 0 amide bonds. The van der Waals surface area contributed by atoms with Crippen molar-refractivity contribution in [2.24, 2.45) is 5.73 Å². The Hall–Kier alpha value is -1.06. The van der Waals surface area contributed by atoms with Gasteiger partial charge in [0.15, 0.2) is 0 Å². The zero-order valence-corrected chi connectivity index (χ0v) is 9.72. The molecule has 4 heteroatoms. The molecule has 3 nitrogen and oxygen atoms in total. The number of hydrogen-bond donors (Lipinski definition) is 2. The van der Waals surface area contributed by atoms with E-state index in [4.69, 9.17) is 17.3 Å². The predicted molar refractivity (Wildman–Crippen MR) is 65.6 cm³/mol. The minimum absolute atomic E-state index is 0.0413. The quantitative estimate of drug-likeness (QED) is 0.841. The number of aromatic nitrogens is 2. The van der Waals surface area contributed by atoms with E-state index in [0.29, 0.717) is 5.02 Å². The first-order valence-electron chi connectivity index (χ1n) is 5.58. The largest absolute Gasteiger partial charge is 0.342 e. The molecule has 16 heavy (non-hydrogen) atoms. The maximum Gasteiger partial charge on any atom is 0.109 e. The van der Waals surface area contributed by atoms with Gasteiger partial charge in [-0.3, -0.25) is 0 Å². The monoisotopic (exact) mass is 235 g/mol. The van der Waals surface area contributed by atoms with Crippen molar-refractivity contribution < 1.29 is 0 Å². The third-order valence-corrected chi connectivity index (χ3v) is 3.69. The number of nitrogens with two attached hydrogens (primary N) is 1. The summed E-state index contributed by atoms with van der Waals surface area (Å²) in [5.74, 6) is 0.949. The van der Waals surface area contributed by atoms with Gasteiger partial charge in [0.2, 0.25) is 0 Å². The molecule has 0 atom stereocenters. The van der Waals surface area contributed by atoms with Gasteiger partial charge in [0.1, 0.15) is 11.3 Å². The van der Waals surface area contributed by atoms with Crippen LogP contribution in [0.5, 0.6) is 0 Å². The summed E-state index contributed by atoms with van der Waals surface area (Å²) in [5, 5.41) is 0.694. The lowest BCUT2D eigenvalue weighted by atomic mass is 9.75. The van der Waals surface area contributed by atoms with Crippen molar-refractivity contribution in [1.29, 1.82) is 0 Å². The lowest BCUT2D eigenvalue weighted by Gasteiger charge is -2.37. The number of aromatic amines is 1. The van der Waals surface area contributed by atoms with Gasteiger partial charge in [0.05, 0.1) is 10.5 Å². The molecule has 1 aromatic carbocycles. The van der Waals surface area contributed by atoms with Crippen LogP contribution in [0.1, 0.15) is 25.1 Å². The summed E-state index contributed by atoms with van der Waals surface area (Å²) in [6, 6.07) is 5.77. The van der Waals surface area contributed by atoms with Crippen LogP contribution in [0.4, 0.5) is 0 Å². The Bertz CT molecular complexity index is 528. The minimum atomic E-state index is -0.0413. The van der Waals surface area contributed by atoms with Gasteiger partial charge >= 0.3 is 0 Å². The first-order chi connectivity index (χ1) is 7.66. The number of nitrogens with zero attached hydrogens (tertiary/aromatic N) is 1. The highest BCUT2D eigenvalue weighted by Crippen LogP contribution is 2.32. The van der Waals surface area contributed by atoms with Crippen LogP contribution in [0.15, 0.2) is 18.2 Å². The van der Waals surface area contributed by atoms with Crippen molar-refractivity contribution in [2.45, 2.75) is 31.2 Å². The molecule has 1 aliphatic rings. The first kappa shape index (κ1) is 10.1. The molecule has 3 N–H and O–H groups in total. The Morgan fingerprint density at radius 1 is 1.44 bits per heavy atom. The van der Waals surface area contributed by atoms with Gasteiger partial charge in [-0.05, 0) is 31.4 Å². The maximum absolute atomic E-state index is 6.20. The average Bonchev–Trinajstić information content (AvgIpc) is 2.59. The summed E-state index contributed by atoms with van der Waals surface area (Å²) in [6.45, 7) is 0. The second kappa shape index (κ2) is 3.47. The lowest BCUT2D eigenvalue weighted by Crippen LogP contribution is -2.48. The zero-order chi connectivity index (χ0) is 11.2. The number of para-hydroxylation sites is 1. The van der Waals surface area contributed by atoms with E-state index in [9.17, 15) is 0 Å². The van der Waals surface area contributed by atoms with Crippen LogP contribution in [0.3, 0.4) is 0 Å². The van der Waals surface area contributed by atoms with E-state index in [1.807, 2.05) is 18.2 Å². The molecule has 2 aromatic rings. The van der Waals surface area contributed by atoms with Crippen molar-refractivity contribution in [1.82, 2.24) is 9.97 Å².